The van der Waals surface area contributed by atoms with Crippen LogP contribution >= 0.6 is 0 Å². The molecule has 1 aromatic carbocycles. The van der Waals surface area contributed by atoms with E-state index in [1.165, 1.54) is 0 Å². The van der Waals surface area contributed by atoms with Crippen molar-refractivity contribution in [2.75, 3.05) is 26.7 Å². The van der Waals surface area contributed by atoms with Gasteiger partial charge in [0.2, 0.25) is 0 Å². The second-order valence-electron chi connectivity index (χ2n) is 6.65. The summed E-state index contributed by atoms with van der Waals surface area (Å²) in [5, 5.41) is 0. The number of benzene rings is 1. The van der Waals surface area contributed by atoms with Crippen molar-refractivity contribution < 1.29 is 19.1 Å². The first kappa shape index (κ1) is 14.4. The third kappa shape index (κ3) is 2.42. The van der Waals surface area contributed by atoms with Gasteiger partial charge in [0, 0.05) is 39.4 Å². The van der Waals surface area contributed by atoms with Crippen LogP contribution in [0.25, 0.3) is 0 Å². The molecule has 0 unspecified atom stereocenters. The van der Waals surface area contributed by atoms with Crippen molar-refractivity contribution in [3.05, 3.63) is 29.8 Å². The second kappa shape index (κ2) is 5.15. The van der Waals surface area contributed by atoms with E-state index in [0.29, 0.717) is 38.9 Å². The van der Waals surface area contributed by atoms with E-state index in [9.17, 15) is 9.59 Å². The summed E-state index contributed by atoms with van der Waals surface area (Å²) in [7, 11) is 1.75. The maximum absolute atomic E-state index is 12.7. The van der Waals surface area contributed by atoms with E-state index in [1.54, 1.807) is 11.9 Å². The molecule has 0 N–H and O–H groups in total. The number of hydrogen-bond donors (Lipinski definition) is 0. The van der Waals surface area contributed by atoms with Gasteiger partial charge in [0.25, 0.3) is 5.91 Å². The summed E-state index contributed by atoms with van der Waals surface area (Å²) < 4.78 is 11.3. The molecule has 0 saturated carbocycles. The van der Waals surface area contributed by atoms with Crippen LogP contribution in [0, 0.1) is 0 Å². The molecule has 3 aliphatic rings. The summed E-state index contributed by atoms with van der Waals surface area (Å²) in [6.45, 7) is 1.82. The Bertz CT molecular complexity index is 627. The van der Waals surface area contributed by atoms with E-state index < -0.39 is 11.7 Å². The van der Waals surface area contributed by atoms with Gasteiger partial charge in [-0.05, 0) is 11.6 Å². The molecule has 23 heavy (non-hydrogen) atoms. The highest BCUT2D eigenvalue weighted by molar-refractivity contribution is 5.83. The number of para-hydroxylation sites is 1. The molecule has 0 aromatic heterocycles. The normalized spacial score (nSPS) is 25.3. The first-order valence-corrected chi connectivity index (χ1v) is 8.04. The molecule has 2 amide bonds. The molecule has 1 spiro atoms. The molecule has 0 aliphatic carbocycles. The number of ether oxygens (including phenoxy) is 2. The van der Waals surface area contributed by atoms with Crippen LogP contribution in [-0.4, -0.2) is 60.2 Å². The lowest BCUT2D eigenvalue weighted by Gasteiger charge is -2.38. The minimum Gasteiger partial charge on any atom is -0.480 e. The van der Waals surface area contributed by atoms with Gasteiger partial charge in [-0.1, -0.05) is 18.2 Å². The van der Waals surface area contributed by atoms with E-state index in [-0.39, 0.29) is 12.0 Å². The third-order valence-corrected chi connectivity index (χ3v) is 5.05. The van der Waals surface area contributed by atoms with Crippen LogP contribution in [0.2, 0.25) is 0 Å². The Morgan fingerprint density at radius 1 is 1.26 bits per heavy atom. The number of carbonyl (C=O) groups excluding carboxylic acids is 2. The summed E-state index contributed by atoms with van der Waals surface area (Å²) in [5.74, 6) is 0.847. The molecule has 4 rings (SSSR count). The van der Waals surface area contributed by atoms with Gasteiger partial charge in [0.05, 0.1) is 6.54 Å². The van der Waals surface area contributed by atoms with Crippen LogP contribution in [0.4, 0.5) is 4.79 Å². The van der Waals surface area contributed by atoms with Crippen molar-refractivity contribution in [2.45, 2.75) is 31.0 Å². The van der Waals surface area contributed by atoms with Gasteiger partial charge < -0.3 is 19.3 Å². The molecule has 2 fully saturated rings. The average Bonchev–Trinajstić information content (AvgIpc) is 3.09. The van der Waals surface area contributed by atoms with Gasteiger partial charge in [0.15, 0.2) is 6.10 Å². The maximum Gasteiger partial charge on any atom is 0.410 e. The number of hydrogen-bond acceptors (Lipinski definition) is 4. The zero-order valence-corrected chi connectivity index (χ0v) is 13.2. The molecule has 3 heterocycles. The number of amides is 2. The van der Waals surface area contributed by atoms with Crippen LogP contribution in [0.5, 0.6) is 5.75 Å². The lowest BCUT2D eigenvalue weighted by Crippen LogP contribution is -2.51. The first-order chi connectivity index (χ1) is 11.1. The van der Waals surface area contributed by atoms with E-state index >= 15 is 0 Å². The highest BCUT2D eigenvalue weighted by atomic mass is 16.6. The van der Waals surface area contributed by atoms with Crippen LogP contribution in [0.1, 0.15) is 18.4 Å². The van der Waals surface area contributed by atoms with Gasteiger partial charge in [-0.25, -0.2) is 4.79 Å². The summed E-state index contributed by atoms with van der Waals surface area (Å²) in [6, 6.07) is 7.79. The molecule has 1 aromatic rings. The van der Waals surface area contributed by atoms with Crippen molar-refractivity contribution in [2.24, 2.45) is 0 Å². The molecule has 2 saturated heterocycles. The standard InChI is InChI=1S/C17H20N2O4/c1-18-11-17(23-16(18)21)6-8-19(9-7-17)15(20)14-10-12-4-2-3-5-13(12)22-14/h2-5,14H,6-11H2,1H3/t14-/m0/s1. The molecule has 1 atom stereocenters. The molecule has 3 aliphatic heterocycles. The Kier molecular flexibility index (Phi) is 3.21. The first-order valence-electron chi connectivity index (χ1n) is 8.04. The van der Waals surface area contributed by atoms with Crippen molar-refractivity contribution in [3.8, 4) is 5.75 Å². The van der Waals surface area contributed by atoms with Gasteiger partial charge in [-0.2, -0.15) is 0 Å². The number of fused-ring (bicyclic) bond motifs is 1. The minimum absolute atomic E-state index is 0.0359. The zero-order valence-electron chi connectivity index (χ0n) is 13.2. The summed E-state index contributed by atoms with van der Waals surface area (Å²) in [5.41, 5.74) is 0.674. The maximum atomic E-state index is 12.7. The second-order valence-corrected chi connectivity index (χ2v) is 6.65. The quantitative estimate of drug-likeness (QED) is 0.786. The molecular weight excluding hydrogens is 296 g/mol. The van der Waals surface area contributed by atoms with Crippen molar-refractivity contribution in [1.29, 1.82) is 0 Å². The Hall–Kier alpha value is -2.24. The van der Waals surface area contributed by atoms with Gasteiger partial charge >= 0.3 is 6.09 Å². The summed E-state index contributed by atoms with van der Waals surface area (Å²) >= 11 is 0. The monoisotopic (exact) mass is 316 g/mol. The highest BCUT2D eigenvalue weighted by Gasteiger charge is 2.47. The predicted octanol–water partition coefficient (Wildman–Crippen LogP) is 1.43. The predicted molar refractivity (Wildman–Crippen MR) is 82.2 cm³/mol. The summed E-state index contributed by atoms with van der Waals surface area (Å²) in [6.07, 6.45) is 1.33. The highest BCUT2D eigenvalue weighted by Crippen LogP contribution is 2.34. The largest absolute Gasteiger partial charge is 0.480 e. The number of nitrogens with zero attached hydrogens (tertiary/aromatic N) is 2. The SMILES string of the molecule is CN1CC2(CCN(C(=O)[C@@H]3Cc4ccccc4O3)CC2)OC1=O. The van der Waals surface area contributed by atoms with Gasteiger partial charge in [-0.15, -0.1) is 0 Å². The smallest absolute Gasteiger partial charge is 0.410 e. The molecule has 6 heteroatoms. The molecule has 0 bridgehead atoms. The van der Waals surface area contributed by atoms with E-state index in [1.807, 2.05) is 29.2 Å². The van der Waals surface area contributed by atoms with E-state index in [2.05, 4.69) is 0 Å². The fourth-order valence-electron chi connectivity index (χ4n) is 3.71. The average molecular weight is 316 g/mol. The Morgan fingerprint density at radius 3 is 2.65 bits per heavy atom. The van der Waals surface area contributed by atoms with Crippen LogP contribution < -0.4 is 4.74 Å². The van der Waals surface area contributed by atoms with E-state index in [4.69, 9.17) is 9.47 Å². The van der Waals surface area contributed by atoms with Crippen LogP contribution in [0.3, 0.4) is 0 Å². The minimum atomic E-state index is -0.421. The van der Waals surface area contributed by atoms with E-state index in [0.717, 1.165) is 11.3 Å². The molecule has 6 nitrogen and oxygen atoms in total. The number of likely N-dealkylation sites (tertiary alicyclic amines) is 1. The Morgan fingerprint density at radius 2 is 2.00 bits per heavy atom. The molecule has 122 valence electrons. The summed E-state index contributed by atoms with van der Waals surface area (Å²) in [4.78, 5) is 27.7. The number of carbonyl (C=O) groups is 2. The number of likely N-dealkylation sites (N-methyl/N-ethyl adjacent to an activating group) is 1. The Balaban J connectivity index is 1.38. The molecule has 0 radical (unpaired) electrons. The third-order valence-electron chi connectivity index (χ3n) is 5.05. The fourth-order valence-corrected chi connectivity index (χ4v) is 3.71. The lowest BCUT2D eigenvalue weighted by molar-refractivity contribution is -0.141. The van der Waals surface area contributed by atoms with Crippen molar-refractivity contribution >= 4 is 12.0 Å². The fraction of sp³-hybridized carbons (Fsp3) is 0.529. The number of rotatable bonds is 1. The van der Waals surface area contributed by atoms with Crippen LogP contribution in [-0.2, 0) is 16.0 Å². The molecular formula is C17H20N2O4. The van der Waals surface area contributed by atoms with Crippen molar-refractivity contribution in [3.63, 3.8) is 0 Å². The van der Waals surface area contributed by atoms with Gasteiger partial charge in [0.1, 0.15) is 11.4 Å². The van der Waals surface area contributed by atoms with Gasteiger partial charge in [-0.3, -0.25) is 4.79 Å². The zero-order chi connectivity index (χ0) is 16.0. The van der Waals surface area contributed by atoms with Crippen molar-refractivity contribution in [1.82, 2.24) is 9.80 Å². The lowest BCUT2D eigenvalue weighted by atomic mass is 9.91. The Labute approximate surface area is 134 Å². The topological polar surface area (TPSA) is 59.1 Å². The van der Waals surface area contributed by atoms with Crippen LogP contribution in [0.15, 0.2) is 24.3 Å². The number of piperidine rings is 1.